The van der Waals surface area contributed by atoms with E-state index in [4.69, 9.17) is 5.11 Å². The average molecular weight is 376 g/mol. The molecule has 7 heteroatoms. The summed E-state index contributed by atoms with van der Waals surface area (Å²) in [6, 6.07) is 15.4. The lowest BCUT2D eigenvalue weighted by Crippen LogP contribution is -2.30. The molecule has 0 aromatic heterocycles. The third-order valence-corrected chi connectivity index (χ3v) is 4.55. The van der Waals surface area contributed by atoms with E-state index in [1.165, 1.54) is 12.1 Å². The normalized spacial score (nSPS) is 22.3. The van der Waals surface area contributed by atoms with Gasteiger partial charge in [0, 0.05) is 5.92 Å². The summed E-state index contributed by atoms with van der Waals surface area (Å²) in [7, 11) is 0. The molecule has 1 aliphatic carbocycles. The Labute approximate surface area is 162 Å². The second-order valence-electron chi connectivity index (χ2n) is 6.68. The SMILES string of the molecule is CC1C=C(N=Nc2ccc(C(=O)O)cc2)C(O)=CC1(C)N=Nc1ccccc1. The summed E-state index contributed by atoms with van der Waals surface area (Å²) in [5.41, 5.74) is 1.03. The summed E-state index contributed by atoms with van der Waals surface area (Å²) in [5.74, 6) is -1.10. The second kappa shape index (κ2) is 7.96. The molecule has 0 bridgehead atoms. The van der Waals surface area contributed by atoms with Crippen LogP contribution in [0.15, 0.2) is 98.7 Å². The van der Waals surface area contributed by atoms with Crippen molar-refractivity contribution in [2.24, 2.45) is 26.4 Å². The van der Waals surface area contributed by atoms with Crippen LogP contribution in [0.4, 0.5) is 11.4 Å². The second-order valence-corrected chi connectivity index (χ2v) is 6.68. The fourth-order valence-electron chi connectivity index (χ4n) is 2.62. The first kappa shape index (κ1) is 19.2. The van der Waals surface area contributed by atoms with Crippen molar-refractivity contribution in [3.8, 4) is 0 Å². The Hall–Kier alpha value is -3.61. The van der Waals surface area contributed by atoms with Crippen LogP contribution in [0.2, 0.25) is 0 Å². The number of carboxylic acids is 1. The molecule has 0 aliphatic heterocycles. The largest absolute Gasteiger partial charge is 0.506 e. The van der Waals surface area contributed by atoms with Crippen LogP contribution < -0.4 is 0 Å². The Morgan fingerprint density at radius 1 is 0.964 bits per heavy atom. The molecule has 2 atom stereocenters. The number of rotatable bonds is 5. The maximum absolute atomic E-state index is 10.9. The maximum Gasteiger partial charge on any atom is 0.335 e. The molecule has 142 valence electrons. The van der Waals surface area contributed by atoms with Crippen molar-refractivity contribution in [1.82, 2.24) is 0 Å². The quantitative estimate of drug-likeness (QED) is 0.626. The highest BCUT2D eigenvalue weighted by Gasteiger charge is 2.33. The number of hydrogen-bond acceptors (Lipinski definition) is 6. The summed E-state index contributed by atoms with van der Waals surface area (Å²) < 4.78 is 0. The van der Waals surface area contributed by atoms with Gasteiger partial charge in [-0.3, -0.25) is 0 Å². The standard InChI is InChI=1S/C21H20N4O3/c1-14-12-18(24-22-17-10-8-15(9-11-17)20(27)28)19(26)13-21(14,2)25-23-16-6-4-3-5-7-16/h3-14,26H,1-2H3,(H,27,28). The molecular formula is C21H20N4O3. The summed E-state index contributed by atoms with van der Waals surface area (Å²) in [4.78, 5) is 10.9. The average Bonchev–Trinajstić information content (AvgIpc) is 2.69. The van der Waals surface area contributed by atoms with Crippen LogP contribution in [0.5, 0.6) is 0 Å². The molecule has 0 saturated carbocycles. The van der Waals surface area contributed by atoms with E-state index in [-0.39, 0.29) is 17.2 Å². The maximum atomic E-state index is 10.9. The predicted octanol–water partition coefficient (Wildman–Crippen LogP) is 5.99. The van der Waals surface area contributed by atoms with Gasteiger partial charge in [-0.25, -0.2) is 4.79 Å². The molecular weight excluding hydrogens is 356 g/mol. The van der Waals surface area contributed by atoms with Crippen molar-refractivity contribution in [1.29, 1.82) is 0 Å². The Balaban J connectivity index is 1.76. The van der Waals surface area contributed by atoms with Gasteiger partial charge in [0.05, 0.1) is 16.9 Å². The number of aliphatic hydroxyl groups is 1. The predicted molar refractivity (Wildman–Crippen MR) is 105 cm³/mol. The number of carboxylic acid groups (broad SMARTS) is 1. The first-order valence-electron chi connectivity index (χ1n) is 8.74. The van der Waals surface area contributed by atoms with Gasteiger partial charge < -0.3 is 10.2 Å². The van der Waals surface area contributed by atoms with Crippen LogP contribution in [0.3, 0.4) is 0 Å². The number of aromatic carboxylic acids is 1. The zero-order valence-electron chi connectivity index (χ0n) is 15.5. The van der Waals surface area contributed by atoms with E-state index in [0.717, 1.165) is 5.69 Å². The van der Waals surface area contributed by atoms with Gasteiger partial charge in [0.1, 0.15) is 17.0 Å². The molecule has 2 unspecified atom stereocenters. The Kier molecular flexibility index (Phi) is 5.44. The van der Waals surface area contributed by atoms with Gasteiger partial charge in [-0.15, -0.1) is 5.11 Å². The van der Waals surface area contributed by atoms with Crippen molar-refractivity contribution in [2.45, 2.75) is 19.4 Å². The van der Waals surface area contributed by atoms with Crippen molar-refractivity contribution in [3.63, 3.8) is 0 Å². The first-order chi connectivity index (χ1) is 13.4. The molecule has 0 amide bonds. The molecule has 2 aromatic carbocycles. The lowest BCUT2D eigenvalue weighted by atomic mass is 9.83. The van der Waals surface area contributed by atoms with Crippen LogP contribution in [0.25, 0.3) is 0 Å². The van der Waals surface area contributed by atoms with E-state index in [0.29, 0.717) is 11.4 Å². The zero-order valence-corrected chi connectivity index (χ0v) is 15.5. The topological polar surface area (TPSA) is 107 Å². The molecule has 1 aliphatic rings. The van der Waals surface area contributed by atoms with E-state index in [9.17, 15) is 9.90 Å². The van der Waals surface area contributed by atoms with Crippen molar-refractivity contribution < 1.29 is 15.0 Å². The highest BCUT2D eigenvalue weighted by Crippen LogP contribution is 2.35. The fraction of sp³-hybridized carbons (Fsp3) is 0.190. The van der Waals surface area contributed by atoms with Crippen LogP contribution >= 0.6 is 0 Å². The smallest absolute Gasteiger partial charge is 0.335 e. The minimum atomic E-state index is -1.00. The van der Waals surface area contributed by atoms with Crippen LogP contribution in [-0.4, -0.2) is 21.7 Å². The number of azo groups is 2. The van der Waals surface area contributed by atoms with Gasteiger partial charge in [0.2, 0.25) is 0 Å². The molecule has 28 heavy (non-hydrogen) atoms. The molecule has 2 N–H and O–H groups in total. The third kappa shape index (κ3) is 4.37. The van der Waals surface area contributed by atoms with Crippen molar-refractivity contribution in [3.05, 3.63) is 83.8 Å². The van der Waals surface area contributed by atoms with E-state index in [1.54, 1.807) is 24.3 Å². The van der Waals surface area contributed by atoms with E-state index >= 15 is 0 Å². The van der Waals surface area contributed by atoms with Crippen LogP contribution in [0, 0.1) is 5.92 Å². The molecule has 0 radical (unpaired) electrons. The summed E-state index contributed by atoms with van der Waals surface area (Å²) in [6.07, 6.45) is 3.40. The number of aliphatic hydroxyl groups excluding tert-OH is 1. The van der Waals surface area contributed by atoms with E-state index in [2.05, 4.69) is 20.5 Å². The highest BCUT2D eigenvalue weighted by atomic mass is 16.4. The lowest BCUT2D eigenvalue weighted by molar-refractivity contribution is 0.0697. The van der Waals surface area contributed by atoms with Crippen molar-refractivity contribution >= 4 is 17.3 Å². The summed E-state index contributed by atoms with van der Waals surface area (Å²) in [6.45, 7) is 3.85. The lowest BCUT2D eigenvalue weighted by Gasteiger charge is -2.29. The third-order valence-electron chi connectivity index (χ3n) is 4.55. The van der Waals surface area contributed by atoms with Crippen LogP contribution in [0.1, 0.15) is 24.2 Å². The minimum absolute atomic E-state index is 0.0292. The Bertz CT molecular complexity index is 978. The van der Waals surface area contributed by atoms with Gasteiger partial charge in [-0.1, -0.05) is 25.1 Å². The number of hydrogen-bond donors (Lipinski definition) is 2. The van der Waals surface area contributed by atoms with Crippen molar-refractivity contribution in [2.75, 3.05) is 0 Å². The fourth-order valence-corrected chi connectivity index (χ4v) is 2.62. The first-order valence-corrected chi connectivity index (χ1v) is 8.74. The molecule has 0 fully saturated rings. The number of benzene rings is 2. The summed E-state index contributed by atoms with van der Waals surface area (Å²) in [5, 5.41) is 36.1. The molecule has 0 heterocycles. The van der Waals surface area contributed by atoms with Gasteiger partial charge in [-0.2, -0.15) is 15.3 Å². The van der Waals surface area contributed by atoms with Gasteiger partial charge in [0.25, 0.3) is 0 Å². The van der Waals surface area contributed by atoms with E-state index < -0.39 is 11.5 Å². The van der Waals surface area contributed by atoms with Gasteiger partial charge in [0.15, 0.2) is 0 Å². The highest BCUT2D eigenvalue weighted by molar-refractivity contribution is 5.87. The molecule has 2 aromatic rings. The number of carbonyl (C=O) groups is 1. The Morgan fingerprint density at radius 2 is 1.61 bits per heavy atom. The Morgan fingerprint density at radius 3 is 2.25 bits per heavy atom. The minimum Gasteiger partial charge on any atom is -0.506 e. The zero-order chi connectivity index (χ0) is 20.1. The van der Waals surface area contributed by atoms with Crippen LogP contribution in [-0.2, 0) is 0 Å². The van der Waals surface area contributed by atoms with Gasteiger partial charge in [-0.05, 0) is 55.5 Å². The molecule has 0 saturated heterocycles. The summed E-state index contributed by atoms with van der Waals surface area (Å²) >= 11 is 0. The molecule has 3 rings (SSSR count). The molecule has 7 nitrogen and oxygen atoms in total. The monoisotopic (exact) mass is 376 g/mol. The van der Waals surface area contributed by atoms with Gasteiger partial charge >= 0.3 is 5.97 Å². The van der Waals surface area contributed by atoms with E-state index in [1.807, 2.05) is 44.2 Å². The number of nitrogens with zero attached hydrogens (tertiary/aromatic N) is 4. The molecule has 0 spiro atoms.